The number of unbranched alkanes of at least 4 members (excludes halogenated alkanes) is 7. The van der Waals surface area contributed by atoms with Crippen LogP contribution in [0.5, 0.6) is 0 Å². The zero-order valence-corrected chi connectivity index (χ0v) is 20.5. The molecule has 0 N–H and O–H groups in total. The van der Waals surface area contributed by atoms with Crippen molar-refractivity contribution in [3.63, 3.8) is 0 Å². The van der Waals surface area contributed by atoms with Gasteiger partial charge in [0.15, 0.2) is 0 Å². The summed E-state index contributed by atoms with van der Waals surface area (Å²) in [4.78, 5) is 0. The third-order valence-corrected chi connectivity index (χ3v) is 9.96. The molecule has 0 spiro atoms. The molecule has 0 nitrogen and oxygen atoms in total. The Hall–Kier alpha value is -0.780. The molecule has 2 fully saturated rings. The van der Waals surface area contributed by atoms with Gasteiger partial charge in [-0.05, 0) is 91.6 Å². The maximum Gasteiger partial charge on any atom is -0.0125 e. The Morgan fingerprint density at radius 2 is 1.67 bits per heavy atom. The minimum Gasteiger partial charge on any atom is -0.0654 e. The minimum absolute atomic E-state index is 0.626. The summed E-state index contributed by atoms with van der Waals surface area (Å²) in [5.74, 6) is 4.69. The van der Waals surface area contributed by atoms with E-state index in [1.807, 2.05) is 0 Å². The fourth-order valence-electron chi connectivity index (χ4n) is 8.00. The Morgan fingerprint density at radius 3 is 2.43 bits per heavy atom. The zero-order chi connectivity index (χ0) is 21.1. The second kappa shape index (κ2) is 9.79. The number of fused-ring (bicyclic) bond motifs is 5. The fourth-order valence-corrected chi connectivity index (χ4v) is 8.00. The molecule has 30 heavy (non-hydrogen) atoms. The van der Waals surface area contributed by atoms with Gasteiger partial charge in [-0.25, -0.2) is 0 Å². The molecule has 0 aliphatic heterocycles. The van der Waals surface area contributed by atoms with E-state index in [1.165, 1.54) is 95.5 Å². The monoisotopic (exact) mass is 408 g/mol. The number of hydrogen-bond donors (Lipinski definition) is 0. The van der Waals surface area contributed by atoms with E-state index >= 15 is 0 Å². The van der Waals surface area contributed by atoms with Crippen LogP contribution in [0.25, 0.3) is 0 Å². The Kier molecular flexibility index (Phi) is 7.31. The summed E-state index contributed by atoms with van der Waals surface area (Å²) < 4.78 is 0. The molecule has 4 unspecified atom stereocenters. The van der Waals surface area contributed by atoms with Crippen molar-refractivity contribution >= 4 is 0 Å². The largest absolute Gasteiger partial charge is 0.0654 e. The molecular weight excluding hydrogens is 360 g/mol. The first-order valence-corrected chi connectivity index (χ1v) is 13.6. The quantitative estimate of drug-likeness (QED) is 0.357. The second-order valence-electron chi connectivity index (χ2n) is 11.7. The van der Waals surface area contributed by atoms with Gasteiger partial charge in [-0.1, -0.05) is 95.9 Å². The molecule has 4 rings (SSSR count). The highest BCUT2D eigenvalue weighted by Gasteiger charge is 2.55. The number of aryl methyl sites for hydroxylation is 1. The summed E-state index contributed by atoms with van der Waals surface area (Å²) in [6.45, 7) is 9.84. The predicted octanol–water partition coefficient (Wildman–Crippen LogP) is 9.24. The molecule has 0 heterocycles. The van der Waals surface area contributed by atoms with Gasteiger partial charge in [-0.2, -0.15) is 0 Å². The molecule has 0 saturated heterocycles. The molecule has 168 valence electrons. The standard InChI is InChI=1S/C30H48/c1-5-6-7-8-9-10-11-12-13-24-21-25-20-22(2)14-16-26(25)27-18-19-30(4)23(3)15-17-28(30)29(24)27/h14,16,20,23-24,27-29H,5-13,15,17-19,21H2,1-4H3/t23-,24?,27?,28?,29?,30+/m0/s1. The van der Waals surface area contributed by atoms with Crippen molar-refractivity contribution < 1.29 is 0 Å². The summed E-state index contributed by atoms with van der Waals surface area (Å²) in [6.07, 6.45) is 20.4. The van der Waals surface area contributed by atoms with Crippen molar-refractivity contribution in [3.05, 3.63) is 34.9 Å². The lowest BCUT2D eigenvalue weighted by molar-refractivity contribution is 0.00273. The molecule has 3 aliphatic rings. The van der Waals surface area contributed by atoms with Gasteiger partial charge < -0.3 is 0 Å². The molecule has 0 amide bonds. The summed E-state index contributed by atoms with van der Waals surface area (Å²) in [5.41, 5.74) is 5.56. The third kappa shape index (κ3) is 4.40. The van der Waals surface area contributed by atoms with Crippen LogP contribution >= 0.6 is 0 Å². The molecule has 1 aromatic carbocycles. The highest BCUT2D eigenvalue weighted by atomic mass is 14.6. The normalized spacial score (nSPS) is 35.0. The van der Waals surface area contributed by atoms with Gasteiger partial charge in [0.1, 0.15) is 0 Å². The van der Waals surface area contributed by atoms with E-state index < -0.39 is 0 Å². The predicted molar refractivity (Wildman–Crippen MR) is 131 cm³/mol. The van der Waals surface area contributed by atoms with Crippen molar-refractivity contribution in [3.8, 4) is 0 Å². The first-order chi connectivity index (χ1) is 14.5. The van der Waals surface area contributed by atoms with E-state index in [1.54, 1.807) is 11.1 Å². The smallest absolute Gasteiger partial charge is 0.0125 e. The Balaban J connectivity index is 1.43. The fraction of sp³-hybridized carbons (Fsp3) is 0.800. The Bertz CT molecular complexity index is 687. The van der Waals surface area contributed by atoms with E-state index in [9.17, 15) is 0 Å². The van der Waals surface area contributed by atoms with Crippen LogP contribution in [0.4, 0.5) is 0 Å². The van der Waals surface area contributed by atoms with Crippen LogP contribution < -0.4 is 0 Å². The second-order valence-corrected chi connectivity index (χ2v) is 11.7. The van der Waals surface area contributed by atoms with E-state index in [0.29, 0.717) is 5.41 Å². The van der Waals surface area contributed by atoms with Gasteiger partial charge in [-0.15, -0.1) is 0 Å². The van der Waals surface area contributed by atoms with E-state index in [0.717, 1.165) is 29.6 Å². The first-order valence-electron chi connectivity index (χ1n) is 13.6. The maximum absolute atomic E-state index is 2.67. The van der Waals surface area contributed by atoms with Crippen molar-refractivity contribution in [1.29, 1.82) is 0 Å². The summed E-state index contributed by atoms with van der Waals surface area (Å²) in [7, 11) is 0. The highest BCUT2D eigenvalue weighted by molar-refractivity contribution is 5.38. The van der Waals surface area contributed by atoms with Gasteiger partial charge in [0.2, 0.25) is 0 Å². The topological polar surface area (TPSA) is 0 Å². The van der Waals surface area contributed by atoms with Crippen LogP contribution in [0.2, 0.25) is 0 Å². The van der Waals surface area contributed by atoms with Gasteiger partial charge >= 0.3 is 0 Å². The van der Waals surface area contributed by atoms with Gasteiger partial charge in [0.25, 0.3) is 0 Å². The van der Waals surface area contributed by atoms with Gasteiger partial charge in [-0.3, -0.25) is 0 Å². The van der Waals surface area contributed by atoms with Crippen LogP contribution in [0.3, 0.4) is 0 Å². The van der Waals surface area contributed by atoms with Crippen LogP contribution in [0, 0.1) is 36.0 Å². The SMILES string of the molecule is CCCCCCCCCCC1Cc2cc(C)ccc2C2CC[C@@]3(C)C(CC[C@@H]3C)C12. The minimum atomic E-state index is 0.626. The molecule has 3 aliphatic carbocycles. The van der Waals surface area contributed by atoms with Crippen molar-refractivity contribution in [2.45, 2.75) is 124 Å². The Morgan fingerprint density at radius 1 is 0.933 bits per heavy atom. The first kappa shape index (κ1) is 22.4. The van der Waals surface area contributed by atoms with Crippen molar-refractivity contribution in [1.82, 2.24) is 0 Å². The van der Waals surface area contributed by atoms with Crippen LogP contribution in [0.15, 0.2) is 18.2 Å². The van der Waals surface area contributed by atoms with Crippen molar-refractivity contribution in [2.24, 2.45) is 29.1 Å². The summed E-state index contributed by atoms with van der Waals surface area (Å²) in [5, 5.41) is 0. The molecule has 1 aromatic rings. The van der Waals surface area contributed by atoms with Crippen molar-refractivity contribution in [2.75, 3.05) is 0 Å². The molecule has 0 aromatic heterocycles. The summed E-state index contributed by atoms with van der Waals surface area (Å²) >= 11 is 0. The number of benzene rings is 1. The molecule has 0 heteroatoms. The lowest BCUT2D eigenvalue weighted by Gasteiger charge is -2.53. The summed E-state index contributed by atoms with van der Waals surface area (Å²) in [6, 6.07) is 7.45. The average molecular weight is 409 g/mol. The Labute approximate surface area is 187 Å². The highest BCUT2D eigenvalue weighted by Crippen LogP contribution is 2.64. The lowest BCUT2D eigenvalue weighted by Crippen LogP contribution is -2.45. The third-order valence-electron chi connectivity index (χ3n) is 9.96. The van der Waals surface area contributed by atoms with Crippen LogP contribution in [-0.2, 0) is 6.42 Å². The average Bonchev–Trinajstić information content (AvgIpc) is 3.04. The molecule has 0 radical (unpaired) electrons. The lowest BCUT2D eigenvalue weighted by atomic mass is 9.51. The zero-order valence-electron chi connectivity index (χ0n) is 20.5. The van der Waals surface area contributed by atoms with E-state index in [2.05, 4.69) is 45.9 Å². The number of rotatable bonds is 9. The van der Waals surface area contributed by atoms with Crippen LogP contribution in [-0.4, -0.2) is 0 Å². The van der Waals surface area contributed by atoms with Gasteiger partial charge in [0.05, 0.1) is 0 Å². The maximum atomic E-state index is 2.67. The van der Waals surface area contributed by atoms with E-state index in [-0.39, 0.29) is 0 Å². The molecular formula is C30H48. The van der Waals surface area contributed by atoms with Crippen LogP contribution in [0.1, 0.15) is 127 Å². The van der Waals surface area contributed by atoms with E-state index in [4.69, 9.17) is 0 Å². The van der Waals surface area contributed by atoms with Gasteiger partial charge in [0, 0.05) is 0 Å². The number of hydrogen-bond acceptors (Lipinski definition) is 0. The molecule has 6 atom stereocenters. The molecule has 0 bridgehead atoms. The molecule has 2 saturated carbocycles.